The summed E-state index contributed by atoms with van der Waals surface area (Å²) >= 11 is 0. The molecule has 1 aromatic heterocycles. The van der Waals surface area contributed by atoms with Crippen molar-refractivity contribution in [3.63, 3.8) is 0 Å². The maximum absolute atomic E-state index is 12.3. The number of hydrogen-bond donors (Lipinski definition) is 2. The van der Waals surface area contributed by atoms with E-state index < -0.39 is 0 Å². The molecule has 100 valence electrons. The number of hydrogen-bond acceptors (Lipinski definition) is 3. The first-order valence-electron chi connectivity index (χ1n) is 6.63. The van der Waals surface area contributed by atoms with E-state index in [1.54, 1.807) is 6.20 Å². The predicted octanol–water partition coefficient (Wildman–Crippen LogP) is 1.92. The van der Waals surface area contributed by atoms with Crippen molar-refractivity contribution in [2.75, 3.05) is 11.9 Å². The van der Waals surface area contributed by atoms with Gasteiger partial charge in [-0.2, -0.15) is 5.10 Å². The second-order valence-electron chi connectivity index (χ2n) is 5.45. The smallest absolute Gasteiger partial charge is 0.231 e. The highest BCUT2D eigenvalue weighted by Crippen LogP contribution is 2.38. The molecule has 1 saturated carbocycles. The second kappa shape index (κ2) is 5.10. The van der Waals surface area contributed by atoms with Gasteiger partial charge in [-0.05, 0) is 26.7 Å². The summed E-state index contributed by atoms with van der Waals surface area (Å²) in [6.07, 6.45) is 7.53. The number of carbonyl (C=O) groups is 1. The molecule has 3 N–H and O–H groups in total. The molecule has 1 aromatic rings. The SMILES string of the molecule is CC(C)n1cc(NC(=O)C2(CN)CCCC2)cn1. The Labute approximate surface area is 108 Å². The van der Waals surface area contributed by atoms with Crippen LogP contribution in [0.4, 0.5) is 5.69 Å². The van der Waals surface area contributed by atoms with Crippen LogP contribution in [-0.2, 0) is 4.79 Å². The Morgan fingerprint density at radius 1 is 1.56 bits per heavy atom. The van der Waals surface area contributed by atoms with Crippen molar-refractivity contribution in [3.05, 3.63) is 12.4 Å². The third-order valence-corrected chi connectivity index (χ3v) is 3.82. The van der Waals surface area contributed by atoms with Crippen LogP contribution >= 0.6 is 0 Å². The molecular formula is C13H22N4O. The molecular weight excluding hydrogens is 228 g/mol. The van der Waals surface area contributed by atoms with Crippen LogP contribution in [0, 0.1) is 5.41 Å². The van der Waals surface area contributed by atoms with Gasteiger partial charge in [-0.1, -0.05) is 12.8 Å². The maximum atomic E-state index is 12.3. The average molecular weight is 250 g/mol. The molecule has 0 saturated heterocycles. The van der Waals surface area contributed by atoms with Crippen LogP contribution in [0.15, 0.2) is 12.4 Å². The Kier molecular flexibility index (Phi) is 3.71. The molecule has 1 amide bonds. The minimum Gasteiger partial charge on any atom is -0.329 e. The number of nitrogens with two attached hydrogens (primary N) is 1. The molecule has 1 aliphatic rings. The molecule has 18 heavy (non-hydrogen) atoms. The predicted molar refractivity (Wildman–Crippen MR) is 71.2 cm³/mol. The zero-order valence-electron chi connectivity index (χ0n) is 11.1. The molecule has 5 heteroatoms. The zero-order chi connectivity index (χ0) is 13.2. The Morgan fingerprint density at radius 3 is 2.72 bits per heavy atom. The molecule has 1 aliphatic carbocycles. The van der Waals surface area contributed by atoms with E-state index in [0.29, 0.717) is 12.6 Å². The lowest BCUT2D eigenvalue weighted by atomic mass is 9.85. The number of nitrogens with one attached hydrogen (secondary N) is 1. The Bertz CT molecular complexity index is 418. The van der Waals surface area contributed by atoms with Gasteiger partial charge in [0.25, 0.3) is 0 Å². The Morgan fingerprint density at radius 2 is 2.22 bits per heavy atom. The van der Waals surface area contributed by atoms with Gasteiger partial charge >= 0.3 is 0 Å². The van der Waals surface area contributed by atoms with Crippen LogP contribution in [-0.4, -0.2) is 22.2 Å². The lowest BCUT2D eigenvalue weighted by Gasteiger charge is -2.25. The molecule has 0 aromatic carbocycles. The number of amides is 1. The van der Waals surface area contributed by atoms with Crippen LogP contribution in [0.5, 0.6) is 0 Å². The monoisotopic (exact) mass is 250 g/mol. The van der Waals surface area contributed by atoms with E-state index in [4.69, 9.17) is 5.73 Å². The second-order valence-corrected chi connectivity index (χ2v) is 5.45. The fraction of sp³-hybridized carbons (Fsp3) is 0.692. The highest BCUT2D eigenvalue weighted by molar-refractivity contribution is 5.95. The summed E-state index contributed by atoms with van der Waals surface area (Å²) < 4.78 is 1.83. The molecule has 1 fully saturated rings. The van der Waals surface area contributed by atoms with Gasteiger partial charge in [0, 0.05) is 18.8 Å². The summed E-state index contributed by atoms with van der Waals surface area (Å²) in [4.78, 5) is 12.3. The van der Waals surface area contributed by atoms with Crippen LogP contribution in [0.25, 0.3) is 0 Å². The molecule has 0 bridgehead atoms. The average Bonchev–Trinajstić information content (AvgIpc) is 2.97. The van der Waals surface area contributed by atoms with Crippen LogP contribution in [0.1, 0.15) is 45.6 Å². The van der Waals surface area contributed by atoms with Gasteiger partial charge in [0.05, 0.1) is 17.3 Å². The van der Waals surface area contributed by atoms with E-state index in [9.17, 15) is 4.79 Å². The highest BCUT2D eigenvalue weighted by atomic mass is 16.2. The van der Waals surface area contributed by atoms with Crippen molar-refractivity contribution in [1.82, 2.24) is 9.78 Å². The summed E-state index contributed by atoms with van der Waals surface area (Å²) in [5, 5.41) is 7.16. The minimum absolute atomic E-state index is 0.0470. The van der Waals surface area contributed by atoms with Gasteiger partial charge < -0.3 is 11.1 Å². The van der Waals surface area contributed by atoms with Crippen molar-refractivity contribution in [2.45, 2.75) is 45.6 Å². The van der Waals surface area contributed by atoms with Crippen LogP contribution in [0.3, 0.4) is 0 Å². The minimum atomic E-state index is -0.361. The number of nitrogens with zero attached hydrogens (tertiary/aromatic N) is 2. The summed E-state index contributed by atoms with van der Waals surface area (Å²) in [6, 6.07) is 0.297. The summed E-state index contributed by atoms with van der Waals surface area (Å²) in [5.74, 6) is 0.0470. The standard InChI is InChI=1S/C13H22N4O/c1-10(2)17-8-11(7-15-17)16-12(18)13(9-14)5-3-4-6-13/h7-8,10H,3-6,9,14H2,1-2H3,(H,16,18). The van der Waals surface area contributed by atoms with Crippen molar-refractivity contribution in [2.24, 2.45) is 11.1 Å². The molecule has 0 aliphatic heterocycles. The van der Waals surface area contributed by atoms with Crippen LogP contribution in [0.2, 0.25) is 0 Å². The first-order valence-corrected chi connectivity index (χ1v) is 6.63. The first kappa shape index (κ1) is 13.1. The van der Waals surface area contributed by atoms with E-state index in [-0.39, 0.29) is 11.3 Å². The fourth-order valence-corrected chi connectivity index (χ4v) is 2.52. The van der Waals surface area contributed by atoms with E-state index >= 15 is 0 Å². The molecule has 0 unspecified atom stereocenters. The topological polar surface area (TPSA) is 72.9 Å². The van der Waals surface area contributed by atoms with Gasteiger partial charge in [0.15, 0.2) is 0 Å². The summed E-state index contributed by atoms with van der Waals surface area (Å²) in [7, 11) is 0. The molecule has 0 atom stereocenters. The summed E-state index contributed by atoms with van der Waals surface area (Å²) in [6.45, 7) is 4.53. The van der Waals surface area contributed by atoms with Crippen molar-refractivity contribution < 1.29 is 4.79 Å². The van der Waals surface area contributed by atoms with Gasteiger partial charge in [0.1, 0.15) is 0 Å². The van der Waals surface area contributed by atoms with Gasteiger partial charge in [-0.25, -0.2) is 0 Å². The van der Waals surface area contributed by atoms with Gasteiger partial charge in [-0.3, -0.25) is 9.48 Å². The van der Waals surface area contributed by atoms with E-state index in [1.807, 2.05) is 10.9 Å². The van der Waals surface area contributed by atoms with E-state index in [2.05, 4.69) is 24.3 Å². The third kappa shape index (κ3) is 2.41. The zero-order valence-corrected chi connectivity index (χ0v) is 11.1. The van der Waals surface area contributed by atoms with Crippen molar-refractivity contribution in [1.29, 1.82) is 0 Å². The molecule has 0 spiro atoms. The lowest BCUT2D eigenvalue weighted by molar-refractivity contribution is -0.124. The van der Waals surface area contributed by atoms with Crippen molar-refractivity contribution >= 4 is 11.6 Å². The lowest BCUT2D eigenvalue weighted by Crippen LogP contribution is -2.40. The maximum Gasteiger partial charge on any atom is 0.231 e. The largest absolute Gasteiger partial charge is 0.329 e. The van der Waals surface area contributed by atoms with E-state index in [1.165, 1.54) is 0 Å². The van der Waals surface area contributed by atoms with Gasteiger partial charge in [0.2, 0.25) is 5.91 Å². The summed E-state index contributed by atoms with van der Waals surface area (Å²) in [5.41, 5.74) is 6.19. The fourth-order valence-electron chi connectivity index (χ4n) is 2.52. The molecule has 0 radical (unpaired) electrons. The third-order valence-electron chi connectivity index (χ3n) is 3.82. The van der Waals surface area contributed by atoms with E-state index in [0.717, 1.165) is 31.4 Å². The molecule has 1 heterocycles. The molecule has 5 nitrogen and oxygen atoms in total. The molecule has 2 rings (SSSR count). The number of anilines is 1. The number of carbonyl (C=O) groups excluding carboxylic acids is 1. The van der Waals surface area contributed by atoms with Crippen molar-refractivity contribution in [3.8, 4) is 0 Å². The Balaban J connectivity index is 2.06. The van der Waals surface area contributed by atoms with Gasteiger partial charge in [-0.15, -0.1) is 0 Å². The number of rotatable bonds is 4. The highest BCUT2D eigenvalue weighted by Gasteiger charge is 2.39. The normalized spacial score (nSPS) is 18.2. The van der Waals surface area contributed by atoms with Crippen LogP contribution < -0.4 is 11.1 Å². The first-order chi connectivity index (χ1) is 8.57. The quantitative estimate of drug-likeness (QED) is 0.857. The Hall–Kier alpha value is -1.36. The number of aromatic nitrogens is 2.